The molecule has 5 nitrogen and oxygen atoms in total. The lowest BCUT2D eigenvalue weighted by atomic mass is 9.67. The predicted molar refractivity (Wildman–Crippen MR) is 140 cm³/mol. The third kappa shape index (κ3) is 5.54. The number of benzene rings is 2. The van der Waals surface area contributed by atoms with Crippen molar-refractivity contribution >= 4 is 29.2 Å². The summed E-state index contributed by atoms with van der Waals surface area (Å²) in [5.74, 6) is 0.456. The molecule has 7 heteroatoms. The average molecular weight is 504 g/mol. The van der Waals surface area contributed by atoms with Gasteiger partial charge < -0.3 is 16.0 Å². The zero-order chi connectivity index (χ0) is 24.0. The molecule has 0 bridgehead atoms. The molecule has 1 heterocycles. The summed E-state index contributed by atoms with van der Waals surface area (Å²) in [5, 5.41) is 11.0. The van der Waals surface area contributed by atoms with Crippen LogP contribution in [0, 0.1) is 5.92 Å². The van der Waals surface area contributed by atoms with Crippen LogP contribution in [0.4, 0.5) is 4.79 Å². The van der Waals surface area contributed by atoms with E-state index >= 15 is 0 Å². The number of rotatable bonds is 7. The van der Waals surface area contributed by atoms with Crippen LogP contribution < -0.4 is 16.0 Å². The van der Waals surface area contributed by atoms with Crippen molar-refractivity contribution in [3.63, 3.8) is 0 Å². The predicted octanol–water partition coefficient (Wildman–Crippen LogP) is 5.56. The van der Waals surface area contributed by atoms with Gasteiger partial charge in [0.2, 0.25) is 0 Å². The van der Waals surface area contributed by atoms with Crippen molar-refractivity contribution in [3.8, 4) is 0 Å². The van der Waals surface area contributed by atoms with Crippen LogP contribution in [0.3, 0.4) is 0 Å². The Morgan fingerprint density at radius 3 is 2.41 bits per heavy atom. The Bertz CT molecular complexity index is 943. The van der Waals surface area contributed by atoms with Gasteiger partial charge in [0.15, 0.2) is 0 Å². The van der Waals surface area contributed by atoms with E-state index in [0.717, 1.165) is 69.4 Å². The molecule has 0 radical (unpaired) electrons. The number of urea groups is 1. The molecule has 1 unspecified atom stereocenters. The Labute approximate surface area is 213 Å². The van der Waals surface area contributed by atoms with Gasteiger partial charge in [0.1, 0.15) is 0 Å². The number of amides is 2. The molecule has 2 aromatic carbocycles. The Balaban J connectivity index is 1.44. The SMILES string of the molecule is CCC(c1cccc(Cl)c1Cl)(C1CCC(NC(=O)NCc2ccccc2)CC1)N1CCNCC1. The van der Waals surface area contributed by atoms with Gasteiger partial charge in [-0.25, -0.2) is 4.79 Å². The highest BCUT2D eigenvalue weighted by atomic mass is 35.5. The smallest absolute Gasteiger partial charge is 0.315 e. The zero-order valence-corrected chi connectivity index (χ0v) is 21.5. The largest absolute Gasteiger partial charge is 0.335 e. The van der Waals surface area contributed by atoms with Gasteiger partial charge in [0.05, 0.1) is 15.6 Å². The van der Waals surface area contributed by atoms with Crippen molar-refractivity contribution in [2.24, 2.45) is 5.92 Å². The molecule has 2 amide bonds. The van der Waals surface area contributed by atoms with Crippen LogP contribution in [-0.2, 0) is 12.1 Å². The van der Waals surface area contributed by atoms with E-state index in [1.54, 1.807) is 0 Å². The summed E-state index contributed by atoms with van der Waals surface area (Å²) >= 11 is 13.3. The number of hydrogen-bond donors (Lipinski definition) is 3. The molecule has 1 aliphatic heterocycles. The molecule has 0 aromatic heterocycles. The second-order valence-electron chi connectivity index (χ2n) is 9.48. The number of nitrogens with one attached hydrogen (secondary N) is 3. The van der Waals surface area contributed by atoms with Crippen molar-refractivity contribution in [1.82, 2.24) is 20.9 Å². The van der Waals surface area contributed by atoms with Crippen LogP contribution in [0.1, 0.15) is 50.2 Å². The van der Waals surface area contributed by atoms with Crippen LogP contribution in [0.2, 0.25) is 10.0 Å². The highest BCUT2D eigenvalue weighted by Crippen LogP contribution is 2.49. The highest BCUT2D eigenvalue weighted by Gasteiger charge is 2.46. The first kappa shape index (κ1) is 25.3. The van der Waals surface area contributed by atoms with Crippen molar-refractivity contribution in [2.75, 3.05) is 26.2 Å². The quantitative estimate of drug-likeness (QED) is 0.464. The molecular formula is C27H36Cl2N4O. The van der Waals surface area contributed by atoms with Crippen molar-refractivity contribution in [1.29, 1.82) is 0 Å². The number of carbonyl (C=O) groups is 1. The third-order valence-corrected chi connectivity index (χ3v) is 8.49. The van der Waals surface area contributed by atoms with Crippen LogP contribution in [0.5, 0.6) is 0 Å². The fraction of sp³-hybridized carbons (Fsp3) is 0.519. The summed E-state index contributed by atoms with van der Waals surface area (Å²) in [7, 11) is 0. The molecular weight excluding hydrogens is 467 g/mol. The van der Waals surface area contributed by atoms with E-state index in [1.807, 2.05) is 42.5 Å². The van der Waals surface area contributed by atoms with Gasteiger partial charge in [-0.05, 0) is 55.2 Å². The zero-order valence-electron chi connectivity index (χ0n) is 20.0. The van der Waals surface area contributed by atoms with Gasteiger partial charge >= 0.3 is 6.03 Å². The molecule has 1 atom stereocenters. The van der Waals surface area contributed by atoms with Crippen LogP contribution >= 0.6 is 23.2 Å². The summed E-state index contributed by atoms with van der Waals surface area (Å²) in [5.41, 5.74) is 2.11. The number of piperazine rings is 1. The van der Waals surface area contributed by atoms with E-state index in [1.165, 1.54) is 0 Å². The molecule has 184 valence electrons. The summed E-state index contributed by atoms with van der Waals surface area (Å²) in [6.07, 6.45) is 5.01. The summed E-state index contributed by atoms with van der Waals surface area (Å²) in [6, 6.07) is 16.2. The van der Waals surface area contributed by atoms with E-state index in [-0.39, 0.29) is 17.6 Å². The molecule has 1 saturated carbocycles. The molecule has 2 aliphatic rings. The standard InChI is InChI=1S/C27H36Cl2N4O/c1-2-27(33-17-15-30-16-18-33,23-9-6-10-24(28)25(23)29)21-11-13-22(14-12-21)32-26(34)31-19-20-7-4-3-5-8-20/h3-10,21-22,30H,2,11-19H2,1H3,(H2,31,32,34). The first-order valence-corrected chi connectivity index (χ1v) is 13.3. The fourth-order valence-corrected chi connectivity index (χ4v) is 6.45. The molecule has 34 heavy (non-hydrogen) atoms. The second-order valence-corrected chi connectivity index (χ2v) is 10.3. The third-order valence-electron chi connectivity index (χ3n) is 7.67. The fourth-order valence-electron chi connectivity index (χ4n) is 5.98. The van der Waals surface area contributed by atoms with E-state index in [9.17, 15) is 4.79 Å². The number of carbonyl (C=O) groups excluding carboxylic acids is 1. The molecule has 3 N–H and O–H groups in total. The minimum atomic E-state index is -0.148. The average Bonchev–Trinajstić information content (AvgIpc) is 2.88. The number of nitrogens with zero attached hydrogens (tertiary/aromatic N) is 1. The maximum atomic E-state index is 12.5. The molecule has 1 aliphatic carbocycles. The molecule has 2 aromatic rings. The Kier molecular flexibility index (Phi) is 8.75. The Morgan fingerprint density at radius 1 is 1.03 bits per heavy atom. The van der Waals surface area contributed by atoms with Crippen molar-refractivity contribution in [2.45, 2.75) is 57.2 Å². The molecule has 2 fully saturated rings. The van der Waals surface area contributed by atoms with E-state index in [2.05, 4.69) is 33.8 Å². The van der Waals surface area contributed by atoms with Gasteiger partial charge in [0, 0.05) is 38.8 Å². The summed E-state index contributed by atoms with van der Waals surface area (Å²) in [4.78, 5) is 15.1. The lowest BCUT2D eigenvalue weighted by molar-refractivity contribution is -0.00514. The van der Waals surface area contributed by atoms with Crippen molar-refractivity contribution < 1.29 is 4.79 Å². The first-order valence-electron chi connectivity index (χ1n) is 12.5. The number of halogens is 2. The lowest BCUT2D eigenvalue weighted by Gasteiger charge is -2.52. The van der Waals surface area contributed by atoms with Gasteiger partial charge in [-0.15, -0.1) is 0 Å². The highest BCUT2D eigenvalue weighted by molar-refractivity contribution is 6.42. The van der Waals surface area contributed by atoms with Gasteiger partial charge in [-0.2, -0.15) is 0 Å². The van der Waals surface area contributed by atoms with E-state index in [0.29, 0.717) is 22.5 Å². The lowest BCUT2D eigenvalue weighted by Crippen LogP contribution is -2.58. The maximum Gasteiger partial charge on any atom is 0.315 e. The normalized spacial score (nSPS) is 23.1. The van der Waals surface area contributed by atoms with Crippen molar-refractivity contribution in [3.05, 3.63) is 69.7 Å². The summed E-state index contributed by atoms with van der Waals surface area (Å²) in [6.45, 7) is 6.78. The van der Waals surface area contributed by atoms with E-state index in [4.69, 9.17) is 23.2 Å². The first-order chi connectivity index (χ1) is 16.5. The van der Waals surface area contributed by atoms with Gasteiger partial charge in [-0.1, -0.05) is 72.6 Å². The van der Waals surface area contributed by atoms with Crippen LogP contribution in [-0.4, -0.2) is 43.2 Å². The molecule has 4 rings (SSSR count). The van der Waals surface area contributed by atoms with Gasteiger partial charge in [-0.3, -0.25) is 4.90 Å². The van der Waals surface area contributed by atoms with Gasteiger partial charge in [0.25, 0.3) is 0 Å². The minimum Gasteiger partial charge on any atom is -0.335 e. The topological polar surface area (TPSA) is 56.4 Å². The minimum absolute atomic E-state index is 0.0888. The number of hydrogen-bond acceptors (Lipinski definition) is 3. The Hall–Kier alpha value is -1.79. The maximum absolute atomic E-state index is 12.5. The van der Waals surface area contributed by atoms with E-state index < -0.39 is 0 Å². The monoisotopic (exact) mass is 502 g/mol. The summed E-state index contributed by atoms with van der Waals surface area (Å²) < 4.78 is 0. The molecule has 1 saturated heterocycles. The van der Waals surface area contributed by atoms with Crippen LogP contribution in [0.15, 0.2) is 48.5 Å². The molecule has 0 spiro atoms. The Morgan fingerprint density at radius 2 is 1.74 bits per heavy atom. The second kappa shape index (κ2) is 11.8. The van der Waals surface area contributed by atoms with Crippen LogP contribution in [0.25, 0.3) is 0 Å².